The van der Waals surface area contributed by atoms with Crippen molar-refractivity contribution < 1.29 is 0 Å². The lowest BCUT2D eigenvalue weighted by molar-refractivity contribution is 0.801. The van der Waals surface area contributed by atoms with Crippen LogP contribution in [-0.2, 0) is 6.54 Å². The van der Waals surface area contributed by atoms with Crippen LogP contribution in [0.1, 0.15) is 5.56 Å². The summed E-state index contributed by atoms with van der Waals surface area (Å²) in [6.07, 6.45) is 0. The van der Waals surface area contributed by atoms with Gasteiger partial charge in [-0.3, -0.25) is 0 Å². The predicted molar refractivity (Wildman–Crippen MR) is 98.8 cm³/mol. The van der Waals surface area contributed by atoms with Gasteiger partial charge in [-0.2, -0.15) is 0 Å². The molecular weight excluding hydrogens is 327 g/mol. The molecule has 0 bridgehead atoms. The zero-order chi connectivity index (χ0) is 16.1. The molecule has 2 nitrogen and oxygen atoms in total. The van der Waals surface area contributed by atoms with Gasteiger partial charge in [0.1, 0.15) is 0 Å². The Morgan fingerprint density at radius 1 is 0.696 bits per heavy atom. The molecule has 0 atom stereocenters. The molecule has 0 saturated heterocycles. The topological polar surface area (TPSA) is 24.1 Å². The minimum Gasteiger partial charge on any atom is -0.321 e. The van der Waals surface area contributed by atoms with Gasteiger partial charge in [0.05, 0.1) is 0 Å². The maximum atomic E-state index is 6.06. The highest BCUT2D eigenvalue weighted by molar-refractivity contribution is 6.35. The molecule has 3 rings (SSSR count). The van der Waals surface area contributed by atoms with E-state index in [0.717, 1.165) is 23.4 Å². The molecule has 0 unspecified atom stereocenters. The second-order valence-electron chi connectivity index (χ2n) is 5.20. The van der Waals surface area contributed by atoms with Crippen LogP contribution in [-0.4, -0.2) is 0 Å². The van der Waals surface area contributed by atoms with Crippen LogP contribution in [0.4, 0.5) is 5.69 Å². The molecule has 0 aliphatic rings. The van der Waals surface area contributed by atoms with Gasteiger partial charge in [0.25, 0.3) is 0 Å². The number of para-hydroxylation sites is 1. The van der Waals surface area contributed by atoms with Crippen molar-refractivity contribution in [2.45, 2.75) is 6.54 Å². The van der Waals surface area contributed by atoms with Crippen LogP contribution in [0.2, 0.25) is 10.0 Å². The Kier molecular flexibility index (Phi) is 5.19. The predicted octanol–water partition coefficient (Wildman–Crippen LogP) is 5.78. The van der Waals surface area contributed by atoms with Gasteiger partial charge >= 0.3 is 0 Å². The van der Waals surface area contributed by atoms with E-state index in [1.54, 1.807) is 6.07 Å². The molecular formula is C19H16Cl2N2. The number of rotatable bonds is 5. The molecule has 0 aliphatic heterocycles. The second kappa shape index (κ2) is 7.51. The van der Waals surface area contributed by atoms with Crippen molar-refractivity contribution in [2.24, 2.45) is 0 Å². The summed E-state index contributed by atoms with van der Waals surface area (Å²) < 4.78 is 0. The van der Waals surface area contributed by atoms with Gasteiger partial charge in [-0.15, -0.1) is 0 Å². The molecule has 0 aromatic heterocycles. The van der Waals surface area contributed by atoms with Crippen molar-refractivity contribution in [3.63, 3.8) is 0 Å². The number of nitrogens with one attached hydrogen (secondary N) is 2. The van der Waals surface area contributed by atoms with Gasteiger partial charge < -0.3 is 5.43 Å². The van der Waals surface area contributed by atoms with Crippen LogP contribution < -0.4 is 10.9 Å². The molecule has 3 aromatic rings. The van der Waals surface area contributed by atoms with E-state index < -0.39 is 0 Å². The molecule has 0 fully saturated rings. The molecule has 0 amide bonds. The molecule has 0 radical (unpaired) electrons. The molecule has 23 heavy (non-hydrogen) atoms. The number of hydrazine groups is 1. The molecule has 0 heterocycles. The van der Waals surface area contributed by atoms with Crippen LogP contribution in [0.15, 0.2) is 72.8 Å². The minimum absolute atomic E-state index is 0.644. The summed E-state index contributed by atoms with van der Waals surface area (Å²) in [7, 11) is 0. The fourth-order valence-corrected chi connectivity index (χ4v) is 2.83. The Morgan fingerprint density at radius 2 is 1.35 bits per heavy atom. The van der Waals surface area contributed by atoms with Crippen LogP contribution in [0.3, 0.4) is 0 Å². The van der Waals surface area contributed by atoms with Gasteiger partial charge in [-0.1, -0.05) is 65.7 Å². The lowest BCUT2D eigenvalue weighted by Crippen LogP contribution is -2.20. The summed E-state index contributed by atoms with van der Waals surface area (Å²) in [6, 6.07) is 23.9. The third-order valence-corrected chi connectivity index (χ3v) is 3.89. The molecule has 0 spiro atoms. The quantitative estimate of drug-likeness (QED) is 0.574. The first kappa shape index (κ1) is 15.9. The van der Waals surface area contributed by atoms with Crippen molar-refractivity contribution in [3.05, 3.63) is 88.4 Å². The Morgan fingerprint density at radius 3 is 2.00 bits per heavy atom. The van der Waals surface area contributed by atoms with Gasteiger partial charge in [0.2, 0.25) is 0 Å². The first-order chi connectivity index (χ1) is 11.2. The Hall–Kier alpha value is -2.00. The van der Waals surface area contributed by atoms with E-state index in [1.807, 2.05) is 42.5 Å². The van der Waals surface area contributed by atoms with Crippen LogP contribution in [0.5, 0.6) is 0 Å². The Labute approximate surface area is 146 Å². The highest BCUT2D eigenvalue weighted by Crippen LogP contribution is 2.27. The van der Waals surface area contributed by atoms with E-state index in [9.17, 15) is 0 Å². The van der Waals surface area contributed by atoms with Gasteiger partial charge in [-0.25, -0.2) is 5.43 Å². The maximum absolute atomic E-state index is 6.06. The van der Waals surface area contributed by atoms with Crippen molar-refractivity contribution in [2.75, 3.05) is 5.43 Å². The molecule has 3 aromatic carbocycles. The van der Waals surface area contributed by atoms with Gasteiger partial charge in [-0.05, 0) is 47.0 Å². The summed E-state index contributed by atoms with van der Waals surface area (Å²) in [6.45, 7) is 0.728. The molecule has 2 N–H and O–H groups in total. The summed E-state index contributed by atoms with van der Waals surface area (Å²) in [5.74, 6) is 0. The zero-order valence-corrected chi connectivity index (χ0v) is 13.9. The smallest absolute Gasteiger partial charge is 0.0487 e. The Bertz CT molecular complexity index is 751. The monoisotopic (exact) mass is 342 g/mol. The van der Waals surface area contributed by atoms with Gasteiger partial charge in [0.15, 0.2) is 0 Å². The second-order valence-corrected chi connectivity index (χ2v) is 6.07. The normalized spacial score (nSPS) is 10.5. The van der Waals surface area contributed by atoms with Gasteiger partial charge in [0, 0.05) is 22.3 Å². The molecule has 0 saturated carbocycles. The van der Waals surface area contributed by atoms with E-state index in [-0.39, 0.29) is 0 Å². The number of benzene rings is 3. The van der Waals surface area contributed by atoms with E-state index in [0.29, 0.717) is 10.0 Å². The summed E-state index contributed by atoms with van der Waals surface area (Å²) in [5.41, 5.74) is 10.7. The maximum Gasteiger partial charge on any atom is 0.0487 e. The summed E-state index contributed by atoms with van der Waals surface area (Å²) in [4.78, 5) is 0. The number of anilines is 1. The molecule has 4 heteroatoms. The lowest BCUT2D eigenvalue weighted by atomic mass is 10.0. The fourth-order valence-electron chi connectivity index (χ4n) is 2.31. The van der Waals surface area contributed by atoms with Crippen LogP contribution in [0, 0.1) is 0 Å². The van der Waals surface area contributed by atoms with Crippen molar-refractivity contribution in [1.82, 2.24) is 5.43 Å². The highest BCUT2D eigenvalue weighted by atomic mass is 35.5. The average molecular weight is 343 g/mol. The standard InChI is InChI=1S/C19H16Cl2N2/c20-17-10-16(11-18(21)12-17)15-8-6-14(7-9-15)13-22-23-19-4-2-1-3-5-19/h1-12,22-23H,13H2. The number of hydrogen-bond acceptors (Lipinski definition) is 2. The van der Waals surface area contributed by atoms with Crippen molar-refractivity contribution in [1.29, 1.82) is 0 Å². The first-order valence-electron chi connectivity index (χ1n) is 7.30. The molecule has 0 aliphatic carbocycles. The number of hydrogen-bond donors (Lipinski definition) is 2. The summed E-state index contributed by atoms with van der Waals surface area (Å²) in [5, 5.41) is 1.29. The van der Waals surface area contributed by atoms with Crippen molar-refractivity contribution in [3.8, 4) is 11.1 Å². The largest absolute Gasteiger partial charge is 0.321 e. The Balaban J connectivity index is 1.63. The van der Waals surface area contributed by atoms with E-state index in [2.05, 4.69) is 35.1 Å². The van der Waals surface area contributed by atoms with E-state index in [1.165, 1.54) is 5.56 Å². The highest BCUT2D eigenvalue weighted by Gasteiger charge is 2.02. The third-order valence-electron chi connectivity index (χ3n) is 3.45. The zero-order valence-electron chi connectivity index (χ0n) is 12.4. The summed E-state index contributed by atoms with van der Waals surface area (Å²) >= 11 is 12.1. The average Bonchev–Trinajstić information content (AvgIpc) is 2.56. The third kappa shape index (κ3) is 4.49. The first-order valence-corrected chi connectivity index (χ1v) is 8.06. The van der Waals surface area contributed by atoms with Crippen LogP contribution in [0.25, 0.3) is 11.1 Å². The molecule has 116 valence electrons. The fraction of sp³-hybridized carbons (Fsp3) is 0.0526. The number of halogens is 2. The minimum atomic E-state index is 0.644. The van der Waals surface area contributed by atoms with Crippen LogP contribution >= 0.6 is 23.2 Å². The van der Waals surface area contributed by atoms with Crippen molar-refractivity contribution >= 4 is 28.9 Å². The lowest BCUT2D eigenvalue weighted by Gasteiger charge is -2.09. The van der Waals surface area contributed by atoms with E-state index >= 15 is 0 Å². The van der Waals surface area contributed by atoms with E-state index in [4.69, 9.17) is 23.2 Å². The SMILES string of the molecule is Clc1cc(Cl)cc(-c2ccc(CNNc3ccccc3)cc2)c1.